The minimum atomic E-state index is -0.880. The zero-order chi connectivity index (χ0) is 18.5. The van der Waals surface area contributed by atoms with E-state index in [1.807, 2.05) is 0 Å². The number of amides is 3. The Labute approximate surface area is 150 Å². The zero-order valence-electron chi connectivity index (χ0n) is 14.3. The molecule has 2 aliphatic heterocycles. The van der Waals surface area contributed by atoms with E-state index in [1.165, 1.54) is 0 Å². The largest absolute Gasteiger partial charge is 0.481 e. The van der Waals surface area contributed by atoms with Crippen LogP contribution in [0.4, 0.5) is 4.79 Å². The number of fused-ring (bicyclic) bond motifs is 1. The molecule has 0 aromatic heterocycles. The minimum Gasteiger partial charge on any atom is -0.481 e. The van der Waals surface area contributed by atoms with Gasteiger partial charge in [0.25, 0.3) is 5.91 Å². The Morgan fingerprint density at radius 3 is 2.46 bits per heavy atom. The van der Waals surface area contributed by atoms with Crippen molar-refractivity contribution in [2.75, 3.05) is 39.5 Å². The zero-order valence-corrected chi connectivity index (χ0v) is 14.3. The van der Waals surface area contributed by atoms with Gasteiger partial charge in [-0.15, -0.1) is 0 Å². The molecule has 9 heteroatoms. The van der Waals surface area contributed by atoms with E-state index in [9.17, 15) is 14.4 Å². The summed E-state index contributed by atoms with van der Waals surface area (Å²) in [6, 6.07) is 4.87. The van der Waals surface area contributed by atoms with E-state index in [0.29, 0.717) is 56.2 Å². The second-order valence-corrected chi connectivity index (χ2v) is 6.08. The molecule has 0 unspecified atom stereocenters. The van der Waals surface area contributed by atoms with Crippen molar-refractivity contribution >= 4 is 17.9 Å². The highest BCUT2D eigenvalue weighted by atomic mass is 16.7. The molecule has 0 spiro atoms. The lowest BCUT2D eigenvalue weighted by Crippen LogP contribution is -2.53. The molecule has 2 N–H and O–H groups in total. The lowest BCUT2D eigenvalue weighted by molar-refractivity contribution is -0.137. The lowest BCUT2D eigenvalue weighted by Gasteiger charge is -2.34. The number of carbonyl (C=O) groups is 3. The first-order chi connectivity index (χ1) is 12.5. The Hall–Kier alpha value is -2.97. The summed E-state index contributed by atoms with van der Waals surface area (Å²) >= 11 is 0. The first kappa shape index (κ1) is 17.8. The van der Waals surface area contributed by atoms with Gasteiger partial charge >= 0.3 is 12.0 Å². The number of urea groups is 1. The van der Waals surface area contributed by atoms with Gasteiger partial charge in [0.1, 0.15) is 0 Å². The maximum Gasteiger partial charge on any atom is 0.317 e. The number of benzene rings is 1. The van der Waals surface area contributed by atoms with E-state index in [1.54, 1.807) is 28.0 Å². The molecule has 2 aliphatic rings. The Morgan fingerprint density at radius 2 is 1.73 bits per heavy atom. The van der Waals surface area contributed by atoms with Gasteiger partial charge in [-0.25, -0.2) is 4.79 Å². The minimum absolute atomic E-state index is 0.0259. The molecule has 1 aromatic carbocycles. The third kappa shape index (κ3) is 4.16. The number of carboxylic acid groups (broad SMARTS) is 1. The van der Waals surface area contributed by atoms with Gasteiger partial charge in [0.05, 0.1) is 0 Å². The standard InChI is InChI=1S/C17H21N3O6/c21-15(22)2-1-5-18-17(24)20-8-6-19(7-9-20)16(23)12-3-4-13-14(10-12)26-11-25-13/h3-4,10H,1-2,5-9,11H2,(H,18,24)(H,21,22). The van der Waals surface area contributed by atoms with Crippen LogP contribution >= 0.6 is 0 Å². The summed E-state index contributed by atoms with van der Waals surface area (Å²) in [6.07, 6.45) is 0.418. The fourth-order valence-corrected chi connectivity index (χ4v) is 2.87. The highest BCUT2D eigenvalue weighted by molar-refractivity contribution is 5.95. The molecule has 0 atom stereocenters. The first-order valence-electron chi connectivity index (χ1n) is 8.48. The molecule has 0 saturated carbocycles. The third-order valence-electron chi connectivity index (χ3n) is 4.32. The fraction of sp³-hybridized carbons (Fsp3) is 0.471. The fourth-order valence-electron chi connectivity index (χ4n) is 2.87. The van der Waals surface area contributed by atoms with Gasteiger partial charge in [-0.1, -0.05) is 0 Å². The van der Waals surface area contributed by atoms with Crippen LogP contribution in [-0.2, 0) is 4.79 Å². The molecular weight excluding hydrogens is 342 g/mol. The molecule has 140 valence electrons. The predicted molar refractivity (Wildman–Crippen MR) is 90.3 cm³/mol. The normalized spacial score (nSPS) is 15.7. The van der Waals surface area contributed by atoms with Crippen LogP contribution in [-0.4, -0.2) is 72.3 Å². The number of hydrogen-bond acceptors (Lipinski definition) is 5. The second kappa shape index (κ2) is 7.94. The maximum atomic E-state index is 12.6. The van der Waals surface area contributed by atoms with E-state index in [2.05, 4.69) is 5.32 Å². The molecule has 2 heterocycles. The van der Waals surface area contributed by atoms with Crippen LogP contribution < -0.4 is 14.8 Å². The van der Waals surface area contributed by atoms with Gasteiger partial charge in [0, 0.05) is 44.7 Å². The van der Waals surface area contributed by atoms with E-state index < -0.39 is 5.97 Å². The Morgan fingerprint density at radius 1 is 1.04 bits per heavy atom. The quantitative estimate of drug-likeness (QED) is 0.747. The molecule has 0 bridgehead atoms. The first-order valence-corrected chi connectivity index (χ1v) is 8.48. The van der Waals surface area contributed by atoms with Crippen LogP contribution in [0.1, 0.15) is 23.2 Å². The Balaban J connectivity index is 1.46. The van der Waals surface area contributed by atoms with Crippen LogP contribution in [0.5, 0.6) is 11.5 Å². The van der Waals surface area contributed by atoms with Crippen molar-refractivity contribution in [2.45, 2.75) is 12.8 Å². The van der Waals surface area contributed by atoms with Crippen molar-refractivity contribution in [3.8, 4) is 11.5 Å². The van der Waals surface area contributed by atoms with Crippen molar-refractivity contribution in [1.29, 1.82) is 0 Å². The summed E-state index contributed by atoms with van der Waals surface area (Å²) in [5, 5.41) is 11.3. The molecule has 1 fully saturated rings. The number of nitrogens with zero attached hydrogens (tertiary/aromatic N) is 2. The number of carbonyl (C=O) groups excluding carboxylic acids is 2. The van der Waals surface area contributed by atoms with Crippen LogP contribution in [0.15, 0.2) is 18.2 Å². The van der Waals surface area contributed by atoms with E-state index in [4.69, 9.17) is 14.6 Å². The topological polar surface area (TPSA) is 108 Å². The summed E-state index contributed by atoms with van der Waals surface area (Å²) in [5.41, 5.74) is 0.529. The summed E-state index contributed by atoms with van der Waals surface area (Å²) in [5.74, 6) is 0.209. The number of nitrogens with one attached hydrogen (secondary N) is 1. The lowest BCUT2D eigenvalue weighted by atomic mass is 10.1. The van der Waals surface area contributed by atoms with Crippen LogP contribution in [0.25, 0.3) is 0 Å². The van der Waals surface area contributed by atoms with Crippen LogP contribution in [0.2, 0.25) is 0 Å². The second-order valence-electron chi connectivity index (χ2n) is 6.08. The molecule has 3 rings (SSSR count). The average molecular weight is 363 g/mol. The van der Waals surface area contributed by atoms with Gasteiger partial charge in [0.2, 0.25) is 6.79 Å². The average Bonchev–Trinajstić information content (AvgIpc) is 3.12. The van der Waals surface area contributed by atoms with Crippen molar-refractivity contribution in [3.63, 3.8) is 0 Å². The molecular formula is C17H21N3O6. The molecule has 1 saturated heterocycles. The van der Waals surface area contributed by atoms with E-state index in [0.717, 1.165) is 0 Å². The van der Waals surface area contributed by atoms with E-state index in [-0.39, 0.29) is 25.2 Å². The highest BCUT2D eigenvalue weighted by Crippen LogP contribution is 2.32. The van der Waals surface area contributed by atoms with Gasteiger partial charge in [-0.2, -0.15) is 0 Å². The van der Waals surface area contributed by atoms with Crippen molar-refractivity contribution in [3.05, 3.63) is 23.8 Å². The Bertz CT molecular complexity index is 700. The van der Waals surface area contributed by atoms with Crippen molar-refractivity contribution < 1.29 is 29.0 Å². The molecule has 26 heavy (non-hydrogen) atoms. The van der Waals surface area contributed by atoms with Gasteiger partial charge in [0.15, 0.2) is 11.5 Å². The Kier molecular flexibility index (Phi) is 5.45. The number of ether oxygens (including phenoxy) is 2. The van der Waals surface area contributed by atoms with Gasteiger partial charge in [-0.3, -0.25) is 9.59 Å². The summed E-state index contributed by atoms with van der Waals surface area (Å²) in [4.78, 5) is 38.4. The van der Waals surface area contributed by atoms with Crippen LogP contribution in [0.3, 0.4) is 0 Å². The predicted octanol–water partition coefficient (Wildman–Crippen LogP) is 0.748. The number of rotatable bonds is 5. The molecule has 9 nitrogen and oxygen atoms in total. The van der Waals surface area contributed by atoms with Gasteiger partial charge in [-0.05, 0) is 24.6 Å². The number of hydrogen-bond donors (Lipinski definition) is 2. The smallest absolute Gasteiger partial charge is 0.317 e. The van der Waals surface area contributed by atoms with Crippen LogP contribution in [0, 0.1) is 0 Å². The van der Waals surface area contributed by atoms with E-state index >= 15 is 0 Å². The van der Waals surface area contributed by atoms with Crippen molar-refractivity contribution in [2.24, 2.45) is 0 Å². The summed E-state index contributed by atoms with van der Waals surface area (Å²) in [6.45, 7) is 2.22. The molecule has 1 aromatic rings. The monoisotopic (exact) mass is 363 g/mol. The number of aliphatic carboxylic acids is 1. The molecule has 3 amide bonds. The molecule has 0 radical (unpaired) electrons. The highest BCUT2D eigenvalue weighted by Gasteiger charge is 2.26. The summed E-state index contributed by atoms with van der Waals surface area (Å²) < 4.78 is 10.5. The van der Waals surface area contributed by atoms with Gasteiger partial charge < -0.3 is 29.7 Å². The number of carboxylic acids is 1. The molecule has 0 aliphatic carbocycles. The number of piperazine rings is 1. The SMILES string of the molecule is O=C(O)CCCNC(=O)N1CCN(C(=O)c2ccc3c(c2)OCO3)CC1. The maximum absolute atomic E-state index is 12.6. The third-order valence-corrected chi connectivity index (χ3v) is 4.32. The summed E-state index contributed by atoms with van der Waals surface area (Å²) in [7, 11) is 0. The van der Waals surface area contributed by atoms with Crippen molar-refractivity contribution in [1.82, 2.24) is 15.1 Å².